The normalized spacial score (nSPS) is 15.8. The molecule has 0 amide bonds. The van der Waals surface area contributed by atoms with Crippen molar-refractivity contribution in [3.63, 3.8) is 0 Å². The van der Waals surface area contributed by atoms with Gasteiger partial charge in [0.25, 0.3) is 0 Å². The van der Waals surface area contributed by atoms with Crippen LogP contribution in [0, 0.1) is 0 Å². The van der Waals surface area contributed by atoms with E-state index in [0.717, 1.165) is 42.2 Å². The fourth-order valence-electron chi connectivity index (χ4n) is 3.06. The summed E-state index contributed by atoms with van der Waals surface area (Å²) in [5, 5.41) is 4.23. The van der Waals surface area contributed by atoms with Crippen LogP contribution >= 0.6 is 0 Å². The van der Waals surface area contributed by atoms with E-state index in [9.17, 15) is 17.4 Å². The number of rotatable bonds is 3. The third-order valence-corrected chi connectivity index (χ3v) is 5.90. The standard InChI is InChI=1S/C19H17F3N4OS/c20-19(21,22)18-6-5-17(12-23-18)26-13-15(11-24-26)14-1-3-16(4-2-14)25-7-9-28(27)10-8-25/h1-6,11-13H,7-10H2. The van der Waals surface area contributed by atoms with Crippen LogP contribution in [0.1, 0.15) is 5.69 Å². The SMILES string of the molecule is O=S1CCN(c2ccc(-c3cnn(-c4ccc(C(F)(F)F)nc4)c3)cc2)CC1. The number of hydrogen-bond donors (Lipinski definition) is 0. The molecule has 3 aromatic rings. The summed E-state index contributed by atoms with van der Waals surface area (Å²) in [7, 11) is -0.711. The van der Waals surface area contributed by atoms with Crippen molar-refractivity contribution in [3.05, 3.63) is 60.7 Å². The fraction of sp³-hybridized carbons (Fsp3) is 0.263. The molecule has 3 heterocycles. The van der Waals surface area contributed by atoms with Gasteiger partial charge in [0.1, 0.15) is 5.69 Å². The van der Waals surface area contributed by atoms with E-state index in [1.165, 1.54) is 10.7 Å². The molecule has 0 saturated carbocycles. The molecule has 1 aromatic carbocycles. The molecule has 1 aliphatic rings. The van der Waals surface area contributed by atoms with Gasteiger partial charge in [0.05, 0.1) is 18.1 Å². The van der Waals surface area contributed by atoms with Crippen molar-refractivity contribution in [1.82, 2.24) is 14.8 Å². The predicted molar refractivity (Wildman–Crippen MR) is 102 cm³/mol. The second-order valence-electron chi connectivity index (χ2n) is 6.45. The van der Waals surface area contributed by atoms with Crippen molar-refractivity contribution in [1.29, 1.82) is 0 Å². The average molecular weight is 406 g/mol. The summed E-state index contributed by atoms with van der Waals surface area (Å²) < 4.78 is 50.9. The molecular formula is C19H17F3N4OS. The van der Waals surface area contributed by atoms with E-state index < -0.39 is 22.7 Å². The number of aromatic nitrogens is 3. The predicted octanol–water partition coefficient (Wildman–Crippen LogP) is 3.52. The highest BCUT2D eigenvalue weighted by atomic mass is 32.2. The summed E-state index contributed by atoms with van der Waals surface area (Å²) in [6.07, 6.45) is 0.113. The van der Waals surface area contributed by atoms with Crippen LogP contribution in [0.4, 0.5) is 18.9 Å². The van der Waals surface area contributed by atoms with Gasteiger partial charge < -0.3 is 4.90 Å². The molecule has 0 aliphatic carbocycles. The minimum absolute atomic E-state index is 0.456. The summed E-state index contributed by atoms with van der Waals surface area (Å²) in [5.74, 6) is 1.38. The Hall–Kier alpha value is -2.68. The van der Waals surface area contributed by atoms with Crippen LogP contribution in [0.3, 0.4) is 0 Å². The topological polar surface area (TPSA) is 51.0 Å². The zero-order chi connectivity index (χ0) is 19.7. The molecule has 2 aromatic heterocycles. The second kappa shape index (κ2) is 7.38. The van der Waals surface area contributed by atoms with E-state index in [4.69, 9.17) is 0 Å². The first kappa shape index (κ1) is 18.7. The summed E-state index contributed by atoms with van der Waals surface area (Å²) >= 11 is 0. The molecule has 28 heavy (non-hydrogen) atoms. The lowest BCUT2D eigenvalue weighted by atomic mass is 10.1. The van der Waals surface area contributed by atoms with Crippen molar-refractivity contribution in [2.45, 2.75) is 6.18 Å². The van der Waals surface area contributed by atoms with E-state index in [0.29, 0.717) is 17.2 Å². The lowest BCUT2D eigenvalue weighted by molar-refractivity contribution is -0.141. The molecule has 1 fully saturated rings. The van der Waals surface area contributed by atoms with Gasteiger partial charge in [0, 0.05) is 52.8 Å². The number of halogens is 3. The van der Waals surface area contributed by atoms with Gasteiger partial charge in [-0.15, -0.1) is 0 Å². The van der Waals surface area contributed by atoms with Crippen molar-refractivity contribution < 1.29 is 17.4 Å². The molecule has 146 valence electrons. The van der Waals surface area contributed by atoms with Crippen LogP contribution in [0.2, 0.25) is 0 Å². The van der Waals surface area contributed by atoms with E-state index in [2.05, 4.69) is 15.0 Å². The van der Waals surface area contributed by atoms with Gasteiger partial charge in [-0.25, -0.2) is 9.67 Å². The van der Waals surface area contributed by atoms with Gasteiger partial charge in [-0.05, 0) is 29.8 Å². The maximum atomic E-state index is 12.6. The lowest BCUT2D eigenvalue weighted by Gasteiger charge is -2.28. The maximum Gasteiger partial charge on any atom is 0.433 e. The van der Waals surface area contributed by atoms with E-state index >= 15 is 0 Å². The zero-order valence-electron chi connectivity index (χ0n) is 14.8. The first-order valence-electron chi connectivity index (χ1n) is 8.69. The number of alkyl halides is 3. The highest BCUT2D eigenvalue weighted by Crippen LogP contribution is 2.28. The first-order chi connectivity index (χ1) is 13.4. The molecule has 1 aliphatic heterocycles. The minimum atomic E-state index is -4.46. The van der Waals surface area contributed by atoms with Gasteiger partial charge in [-0.1, -0.05) is 12.1 Å². The average Bonchev–Trinajstić information content (AvgIpc) is 3.18. The molecule has 5 nitrogen and oxygen atoms in total. The Kier molecular flexibility index (Phi) is 4.92. The molecule has 0 atom stereocenters. The molecule has 1 saturated heterocycles. The van der Waals surface area contributed by atoms with Crippen molar-refractivity contribution >= 4 is 16.5 Å². The van der Waals surface area contributed by atoms with Gasteiger partial charge in [0.15, 0.2) is 0 Å². The first-order valence-corrected chi connectivity index (χ1v) is 10.2. The van der Waals surface area contributed by atoms with Gasteiger partial charge in [0.2, 0.25) is 0 Å². The Bertz CT molecular complexity index is 974. The largest absolute Gasteiger partial charge is 0.433 e. The minimum Gasteiger partial charge on any atom is -0.370 e. The molecule has 0 bridgehead atoms. The van der Waals surface area contributed by atoms with Crippen LogP contribution in [-0.4, -0.2) is 43.6 Å². The number of anilines is 1. The van der Waals surface area contributed by atoms with Crippen molar-refractivity contribution in [2.75, 3.05) is 29.5 Å². The van der Waals surface area contributed by atoms with Crippen molar-refractivity contribution in [2.24, 2.45) is 0 Å². The van der Waals surface area contributed by atoms with Crippen LogP contribution in [0.15, 0.2) is 55.0 Å². The van der Waals surface area contributed by atoms with Crippen molar-refractivity contribution in [3.8, 4) is 16.8 Å². The van der Waals surface area contributed by atoms with E-state index in [1.54, 1.807) is 12.4 Å². The highest BCUT2D eigenvalue weighted by Gasteiger charge is 2.32. The van der Waals surface area contributed by atoms with Crippen LogP contribution in [0.25, 0.3) is 16.8 Å². The third-order valence-electron chi connectivity index (χ3n) is 4.63. The summed E-state index contributed by atoms with van der Waals surface area (Å²) in [6.45, 7) is 1.57. The quantitative estimate of drug-likeness (QED) is 0.668. The number of benzene rings is 1. The summed E-state index contributed by atoms with van der Waals surface area (Å²) in [5.41, 5.74) is 2.42. The van der Waals surface area contributed by atoms with Gasteiger partial charge >= 0.3 is 6.18 Å². The van der Waals surface area contributed by atoms with Crippen LogP contribution in [0.5, 0.6) is 0 Å². The number of nitrogens with zero attached hydrogens (tertiary/aromatic N) is 4. The molecule has 4 rings (SSSR count). The highest BCUT2D eigenvalue weighted by molar-refractivity contribution is 7.85. The molecule has 9 heteroatoms. The summed E-state index contributed by atoms with van der Waals surface area (Å²) in [6, 6.07) is 10.3. The molecule has 0 spiro atoms. The molecule has 0 N–H and O–H groups in total. The third kappa shape index (κ3) is 3.94. The Morgan fingerprint density at radius 2 is 1.57 bits per heavy atom. The van der Waals surface area contributed by atoms with Gasteiger partial charge in [-0.3, -0.25) is 4.21 Å². The lowest BCUT2D eigenvalue weighted by Crippen LogP contribution is -2.37. The van der Waals surface area contributed by atoms with Crippen LogP contribution < -0.4 is 4.90 Å². The monoisotopic (exact) mass is 406 g/mol. The molecule has 0 radical (unpaired) electrons. The Balaban J connectivity index is 1.50. The van der Waals surface area contributed by atoms with E-state index in [1.807, 2.05) is 24.3 Å². The Morgan fingerprint density at radius 3 is 2.18 bits per heavy atom. The zero-order valence-corrected chi connectivity index (χ0v) is 15.6. The molecular weight excluding hydrogens is 389 g/mol. The van der Waals surface area contributed by atoms with Crippen LogP contribution in [-0.2, 0) is 17.0 Å². The summed E-state index contributed by atoms with van der Waals surface area (Å²) in [4.78, 5) is 5.67. The number of hydrogen-bond acceptors (Lipinski definition) is 4. The van der Waals surface area contributed by atoms with E-state index in [-0.39, 0.29) is 0 Å². The maximum absolute atomic E-state index is 12.6. The smallest absolute Gasteiger partial charge is 0.370 e. The Morgan fingerprint density at radius 1 is 0.893 bits per heavy atom. The van der Waals surface area contributed by atoms with Gasteiger partial charge in [-0.2, -0.15) is 18.3 Å². The molecule has 0 unspecified atom stereocenters. The fourth-order valence-corrected chi connectivity index (χ4v) is 4.12. The number of pyridine rings is 1. The Labute approximate surface area is 162 Å². The second-order valence-corrected chi connectivity index (χ2v) is 8.15.